The van der Waals surface area contributed by atoms with E-state index < -0.39 is 0 Å². The zero-order valence-electron chi connectivity index (χ0n) is 19.9. The number of amides is 1. The second kappa shape index (κ2) is 9.72. The summed E-state index contributed by atoms with van der Waals surface area (Å²) in [6.07, 6.45) is 2.44. The van der Waals surface area contributed by atoms with Crippen molar-refractivity contribution in [2.75, 3.05) is 18.1 Å². The highest BCUT2D eigenvalue weighted by molar-refractivity contribution is 5.98. The molecule has 5 heteroatoms. The molecule has 0 spiro atoms. The lowest BCUT2D eigenvalue weighted by Crippen LogP contribution is -2.26. The highest BCUT2D eigenvalue weighted by atomic mass is 16.5. The molecule has 1 aliphatic rings. The van der Waals surface area contributed by atoms with E-state index >= 15 is 0 Å². The Hall–Kier alpha value is -3.60. The van der Waals surface area contributed by atoms with Crippen LogP contribution in [0.3, 0.4) is 0 Å². The van der Waals surface area contributed by atoms with E-state index in [4.69, 9.17) is 9.72 Å². The molecule has 0 saturated carbocycles. The van der Waals surface area contributed by atoms with E-state index in [0.29, 0.717) is 19.6 Å². The van der Waals surface area contributed by atoms with Crippen molar-refractivity contribution in [1.29, 1.82) is 0 Å². The fourth-order valence-electron chi connectivity index (χ4n) is 5.05. The Balaban J connectivity index is 1.33. The summed E-state index contributed by atoms with van der Waals surface area (Å²) in [6, 6.07) is 24.4. The van der Waals surface area contributed by atoms with Crippen LogP contribution in [0.2, 0.25) is 0 Å². The molecule has 1 aliphatic heterocycles. The minimum absolute atomic E-state index is 0.0828. The molecule has 1 fully saturated rings. The Kier molecular flexibility index (Phi) is 6.35. The maximum absolute atomic E-state index is 13.1. The van der Waals surface area contributed by atoms with Crippen LogP contribution in [-0.2, 0) is 11.3 Å². The number of hydrogen-bond donors (Lipinski definition) is 0. The number of nitrogens with zero attached hydrogens (tertiary/aromatic N) is 3. The summed E-state index contributed by atoms with van der Waals surface area (Å²) in [5, 5.41) is 0. The topological polar surface area (TPSA) is 47.4 Å². The minimum atomic E-state index is 0.0828. The van der Waals surface area contributed by atoms with Crippen molar-refractivity contribution in [2.45, 2.75) is 45.6 Å². The second-order valence-corrected chi connectivity index (χ2v) is 9.12. The Morgan fingerprint density at radius 1 is 0.912 bits per heavy atom. The standard InChI is InChI=1S/C29H31N3O2/c1-21-11-10-12-22(2)28(21)32-20-23(19-27(32)33)29-30-25-15-6-7-16-26(25)31(29)17-8-9-18-34-24-13-4-3-5-14-24/h3-7,10-16,23H,8-9,17-20H2,1-2H3/t23-/m0/s1. The Bertz CT molecular complexity index is 1280. The zero-order chi connectivity index (χ0) is 23.5. The third kappa shape index (κ3) is 4.43. The molecule has 5 rings (SSSR count). The smallest absolute Gasteiger partial charge is 0.227 e. The van der Waals surface area contributed by atoms with E-state index in [1.165, 1.54) is 0 Å². The molecule has 34 heavy (non-hydrogen) atoms. The number of carbonyl (C=O) groups excluding carboxylic acids is 1. The van der Waals surface area contributed by atoms with Crippen LogP contribution in [0, 0.1) is 13.8 Å². The normalized spacial score (nSPS) is 15.9. The monoisotopic (exact) mass is 453 g/mol. The van der Waals surface area contributed by atoms with Crippen molar-refractivity contribution in [1.82, 2.24) is 9.55 Å². The zero-order valence-corrected chi connectivity index (χ0v) is 19.9. The molecule has 1 amide bonds. The van der Waals surface area contributed by atoms with Gasteiger partial charge in [0.15, 0.2) is 0 Å². The van der Waals surface area contributed by atoms with E-state index in [0.717, 1.165) is 58.8 Å². The van der Waals surface area contributed by atoms with E-state index in [1.54, 1.807) is 0 Å². The maximum atomic E-state index is 13.1. The van der Waals surface area contributed by atoms with E-state index in [1.807, 2.05) is 47.4 Å². The number of unbranched alkanes of at least 4 members (excludes halogenated alkanes) is 1. The lowest BCUT2D eigenvalue weighted by Gasteiger charge is -2.21. The van der Waals surface area contributed by atoms with E-state index in [2.05, 4.69) is 48.7 Å². The first-order valence-electron chi connectivity index (χ1n) is 12.1. The first-order valence-corrected chi connectivity index (χ1v) is 12.1. The van der Waals surface area contributed by atoms with Crippen molar-refractivity contribution in [3.05, 3.63) is 89.7 Å². The van der Waals surface area contributed by atoms with Crippen LogP contribution in [0.4, 0.5) is 5.69 Å². The van der Waals surface area contributed by atoms with Gasteiger partial charge in [-0.2, -0.15) is 0 Å². The van der Waals surface area contributed by atoms with Gasteiger partial charge in [-0.3, -0.25) is 4.79 Å². The SMILES string of the molecule is Cc1cccc(C)c1N1C[C@@H](c2nc3ccccc3n2CCCCOc2ccccc2)CC1=O. The van der Waals surface area contributed by atoms with Crippen molar-refractivity contribution in [3.8, 4) is 5.75 Å². The molecule has 5 nitrogen and oxygen atoms in total. The van der Waals surface area contributed by atoms with Crippen LogP contribution in [0.25, 0.3) is 11.0 Å². The summed E-state index contributed by atoms with van der Waals surface area (Å²) in [5.41, 5.74) is 5.47. The van der Waals surface area contributed by atoms with Gasteiger partial charge in [0.25, 0.3) is 0 Å². The maximum Gasteiger partial charge on any atom is 0.227 e. The third-order valence-corrected chi connectivity index (χ3v) is 6.67. The molecule has 0 unspecified atom stereocenters. The molecular formula is C29H31N3O2. The highest BCUT2D eigenvalue weighted by Gasteiger charge is 2.35. The number of aryl methyl sites for hydroxylation is 3. The van der Waals surface area contributed by atoms with Crippen molar-refractivity contribution < 1.29 is 9.53 Å². The molecule has 2 heterocycles. The van der Waals surface area contributed by atoms with Crippen LogP contribution in [0.15, 0.2) is 72.8 Å². The lowest BCUT2D eigenvalue weighted by molar-refractivity contribution is -0.117. The molecular weight excluding hydrogens is 422 g/mol. The number of hydrogen-bond acceptors (Lipinski definition) is 3. The van der Waals surface area contributed by atoms with Gasteiger partial charge in [-0.15, -0.1) is 0 Å². The molecule has 0 bridgehead atoms. The molecule has 0 aliphatic carbocycles. The number of imidazole rings is 1. The van der Waals surface area contributed by atoms with Crippen LogP contribution in [-0.4, -0.2) is 28.6 Å². The van der Waals surface area contributed by atoms with Gasteiger partial charge >= 0.3 is 0 Å². The average Bonchev–Trinajstić information content (AvgIpc) is 3.40. The molecule has 3 aromatic carbocycles. The van der Waals surface area contributed by atoms with E-state index in [-0.39, 0.29) is 11.8 Å². The lowest BCUT2D eigenvalue weighted by atomic mass is 10.1. The number of carbonyl (C=O) groups is 1. The second-order valence-electron chi connectivity index (χ2n) is 9.12. The number of aromatic nitrogens is 2. The number of benzene rings is 3. The summed E-state index contributed by atoms with van der Waals surface area (Å²) in [5.74, 6) is 2.19. The van der Waals surface area contributed by atoms with Gasteiger partial charge in [0.2, 0.25) is 5.91 Å². The number of anilines is 1. The molecule has 1 atom stereocenters. The number of fused-ring (bicyclic) bond motifs is 1. The molecule has 0 N–H and O–H groups in total. The van der Waals surface area contributed by atoms with Crippen molar-refractivity contribution >= 4 is 22.6 Å². The molecule has 1 aromatic heterocycles. The summed E-state index contributed by atoms with van der Waals surface area (Å²) >= 11 is 0. The first kappa shape index (κ1) is 22.2. The van der Waals surface area contributed by atoms with Crippen LogP contribution in [0.1, 0.15) is 42.1 Å². The Morgan fingerprint density at radius 3 is 2.44 bits per heavy atom. The fourth-order valence-corrected chi connectivity index (χ4v) is 5.05. The van der Waals surface area contributed by atoms with E-state index in [9.17, 15) is 4.79 Å². The van der Waals surface area contributed by atoms with Crippen LogP contribution < -0.4 is 9.64 Å². The summed E-state index contributed by atoms with van der Waals surface area (Å²) < 4.78 is 8.19. The van der Waals surface area contributed by atoms with Crippen LogP contribution >= 0.6 is 0 Å². The predicted octanol–water partition coefficient (Wildman–Crippen LogP) is 6.03. The number of ether oxygens (including phenoxy) is 1. The largest absolute Gasteiger partial charge is 0.494 e. The van der Waals surface area contributed by atoms with Gasteiger partial charge in [0.05, 0.1) is 17.6 Å². The first-order chi connectivity index (χ1) is 16.6. The number of rotatable bonds is 8. The fraction of sp³-hybridized carbons (Fsp3) is 0.310. The molecule has 174 valence electrons. The summed E-state index contributed by atoms with van der Waals surface area (Å²) in [6.45, 7) is 6.38. The highest BCUT2D eigenvalue weighted by Crippen LogP contribution is 2.36. The van der Waals surface area contributed by atoms with Gasteiger partial charge in [0.1, 0.15) is 11.6 Å². The van der Waals surface area contributed by atoms with Gasteiger partial charge < -0.3 is 14.2 Å². The van der Waals surface area contributed by atoms with Gasteiger partial charge in [-0.25, -0.2) is 4.98 Å². The number of para-hydroxylation sites is 4. The summed E-state index contributed by atoms with van der Waals surface area (Å²) in [7, 11) is 0. The van der Waals surface area contributed by atoms with Gasteiger partial charge in [-0.1, -0.05) is 48.5 Å². The van der Waals surface area contributed by atoms with Gasteiger partial charge in [0, 0.05) is 31.1 Å². The summed E-state index contributed by atoms with van der Waals surface area (Å²) in [4.78, 5) is 20.1. The van der Waals surface area contributed by atoms with Gasteiger partial charge in [-0.05, 0) is 62.1 Å². The predicted molar refractivity (Wildman–Crippen MR) is 137 cm³/mol. The molecule has 4 aromatic rings. The average molecular weight is 454 g/mol. The molecule has 1 saturated heterocycles. The minimum Gasteiger partial charge on any atom is -0.494 e. The quantitative estimate of drug-likeness (QED) is 0.306. The Labute approximate surface area is 201 Å². The van der Waals surface area contributed by atoms with Crippen molar-refractivity contribution in [2.24, 2.45) is 0 Å². The molecule has 0 radical (unpaired) electrons. The third-order valence-electron chi connectivity index (χ3n) is 6.67. The van der Waals surface area contributed by atoms with Crippen molar-refractivity contribution in [3.63, 3.8) is 0 Å². The Morgan fingerprint density at radius 2 is 1.65 bits per heavy atom. The van der Waals surface area contributed by atoms with Crippen LogP contribution in [0.5, 0.6) is 5.75 Å².